The first-order valence-corrected chi connectivity index (χ1v) is 8.12. The summed E-state index contributed by atoms with van der Waals surface area (Å²) < 4.78 is 5.27. The van der Waals surface area contributed by atoms with Gasteiger partial charge in [0.05, 0.1) is 12.1 Å². The fourth-order valence-corrected chi connectivity index (χ4v) is 3.21. The second-order valence-corrected chi connectivity index (χ2v) is 6.54. The summed E-state index contributed by atoms with van der Waals surface area (Å²) in [6.07, 6.45) is 0. The summed E-state index contributed by atoms with van der Waals surface area (Å²) in [4.78, 5) is 2.22. The Hall–Kier alpha value is -1.16. The normalized spacial score (nSPS) is 10.9. The van der Waals surface area contributed by atoms with E-state index < -0.39 is 0 Å². The maximum absolute atomic E-state index is 6.39. The maximum atomic E-state index is 6.39. The van der Waals surface area contributed by atoms with Gasteiger partial charge in [-0.15, -0.1) is 0 Å². The zero-order chi connectivity index (χ0) is 15.2. The van der Waals surface area contributed by atoms with Gasteiger partial charge >= 0.3 is 0 Å². The quantitative estimate of drug-likeness (QED) is 0.809. The molecular formula is C17H20ClNOS. The highest BCUT2D eigenvalue weighted by molar-refractivity contribution is 7.99. The van der Waals surface area contributed by atoms with Crippen LogP contribution in [0, 0.1) is 0 Å². The van der Waals surface area contributed by atoms with Gasteiger partial charge in [-0.25, -0.2) is 0 Å². The number of nitrogens with one attached hydrogen (secondary N) is 1. The Morgan fingerprint density at radius 2 is 1.95 bits per heavy atom. The predicted octanol–water partition coefficient (Wildman–Crippen LogP) is 5.00. The second kappa shape index (κ2) is 7.74. The summed E-state index contributed by atoms with van der Waals surface area (Å²) in [6, 6.07) is 14.5. The summed E-state index contributed by atoms with van der Waals surface area (Å²) in [5, 5.41) is 4.22. The van der Waals surface area contributed by atoms with Crippen molar-refractivity contribution in [1.29, 1.82) is 0 Å². The fraction of sp³-hybridized carbons (Fsp3) is 0.294. The molecule has 0 aliphatic carbocycles. The summed E-state index contributed by atoms with van der Waals surface area (Å²) in [5.74, 6) is 0.855. The minimum atomic E-state index is 0.443. The Morgan fingerprint density at radius 3 is 2.67 bits per heavy atom. The molecule has 0 atom stereocenters. The molecule has 0 heterocycles. The lowest BCUT2D eigenvalue weighted by atomic mass is 10.2. The van der Waals surface area contributed by atoms with Gasteiger partial charge in [-0.05, 0) is 29.8 Å². The Labute approximate surface area is 135 Å². The molecule has 2 nitrogen and oxygen atoms in total. The van der Waals surface area contributed by atoms with Gasteiger partial charge in [0.15, 0.2) is 0 Å². The van der Waals surface area contributed by atoms with Crippen molar-refractivity contribution in [2.24, 2.45) is 0 Å². The third-order valence-electron chi connectivity index (χ3n) is 3.01. The third kappa shape index (κ3) is 4.67. The molecule has 4 heteroatoms. The van der Waals surface area contributed by atoms with Gasteiger partial charge in [0.2, 0.25) is 0 Å². The first-order valence-electron chi connectivity index (χ1n) is 6.93. The van der Waals surface area contributed by atoms with E-state index in [9.17, 15) is 0 Å². The van der Waals surface area contributed by atoms with E-state index in [1.807, 2.05) is 30.3 Å². The van der Waals surface area contributed by atoms with Gasteiger partial charge in [0, 0.05) is 22.4 Å². The lowest BCUT2D eigenvalue weighted by Gasteiger charge is -2.14. The Kier molecular flexibility index (Phi) is 5.97. The molecule has 112 valence electrons. The van der Waals surface area contributed by atoms with Crippen molar-refractivity contribution in [3.8, 4) is 5.75 Å². The van der Waals surface area contributed by atoms with Gasteiger partial charge in [-0.1, -0.05) is 55.4 Å². The molecule has 2 rings (SSSR count). The van der Waals surface area contributed by atoms with E-state index in [-0.39, 0.29) is 0 Å². The molecule has 0 aromatic heterocycles. The third-order valence-corrected chi connectivity index (χ3v) is 4.61. The Balaban J connectivity index is 2.25. The van der Waals surface area contributed by atoms with E-state index >= 15 is 0 Å². The average Bonchev–Trinajstić information content (AvgIpc) is 2.48. The molecule has 0 saturated carbocycles. The zero-order valence-corrected chi connectivity index (χ0v) is 14.1. The summed E-state index contributed by atoms with van der Waals surface area (Å²) in [5.41, 5.74) is 1.21. The molecule has 0 bridgehead atoms. The molecule has 2 aromatic carbocycles. The monoisotopic (exact) mass is 321 g/mol. The van der Waals surface area contributed by atoms with E-state index in [4.69, 9.17) is 16.3 Å². The molecule has 0 aliphatic heterocycles. The molecule has 0 fully saturated rings. The molecular weight excluding hydrogens is 302 g/mol. The van der Waals surface area contributed by atoms with Crippen LogP contribution in [0.25, 0.3) is 0 Å². The molecule has 0 spiro atoms. The van der Waals surface area contributed by atoms with Crippen LogP contribution in [0.15, 0.2) is 52.3 Å². The van der Waals surface area contributed by atoms with Crippen LogP contribution in [-0.4, -0.2) is 13.2 Å². The number of hydrogen-bond donors (Lipinski definition) is 1. The second-order valence-electron chi connectivity index (χ2n) is 5.04. The van der Waals surface area contributed by atoms with Crippen LogP contribution in [0.3, 0.4) is 0 Å². The predicted molar refractivity (Wildman–Crippen MR) is 90.5 cm³/mol. The van der Waals surface area contributed by atoms with Crippen LogP contribution in [-0.2, 0) is 6.54 Å². The van der Waals surface area contributed by atoms with Crippen molar-refractivity contribution in [2.45, 2.75) is 36.2 Å². The van der Waals surface area contributed by atoms with Crippen LogP contribution in [0.5, 0.6) is 5.75 Å². The number of halogens is 1. The molecule has 0 radical (unpaired) electrons. The topological polar surface area (TPSA) is 21.3 Å². The number of benzene rings is 2. The van der Waals surface area contributed by atoms with E-state index in [0.29, 0.717) is 6.04 Å². The van der Waals surface area contributed by atoms with E-state index in [0.717, 1.165) is 27.1 Å². The Bertz CT molecular complexity index is 601. The van der Waals surface area contributed by atoms with Crippen molar-refractivity contribution in [1.82, 2.24) is 5.32 Å². The van der Waals surface area contributed by atoms with Crippen molar-refractivity contribution in [3.63, 3.8) is 0 Å². The molecule has 0 unspecified atom stereocenters. The number of rotatable bonds is 6. The number of methoxy groups -OCH3 is 1. The SMILES string of the molecule is COc1cccc(Sc2c(Cl)cccc2CNC(C)C)c1. The van der Waals surface area contributed by atoms with Crippen LogP contribution < -0.4 is 10.1 Å². The first kappa shape index (κ1) is 16.2. The lowest BCUT2D eigenvalue weighted by Crippen LogP contribution is -2.22. The highest BCUT2D eigenvalue weighted by atomic mass is 35.5. The summed E-state index contributed by atoms with van der Waals surface area (Å²) in [6.45, 7) is 5.09. The van der Waals surface area contributed by atoms with E-state index in [1.54, 1.807) is 18.9 Å². The first-order chi connectivity index (χ1) is 10.1. The van der Waals surface area contributed by atoms with Crippen LogP contribution in [0.4, 0.5) is 0 Å². The molecule has 0 aliphatic rings. The molecule has 0 saturated heterocycles. The summed E-state index contributed by atoms with van der Waals surface area (Å²) in [7, 11) is 1.68. The van der Waals surface area contributed by atoms with Gasteiger partial charge in [-0.2, -0.15) is 0 Å². The highest BCUT2D eigenvalue weighted by Gasteiger charge is 2.10. The van der Waals surface area contributed by atoms with Crippen molar-refractivity contribution in [3.05, 3.63) is 53.1 Å². The van der Waals surface area contributed by atoms with Gasteiger partial charge < -0.3 is 10.1 Å². The van der Waals surface area contributed by atoms with Crippen molar-refractivity contribution < 1.29 is 4.74 Å². The van der Waals surface area contributed by atoms with E-state index in [2.05, 4.69) is 31.3 Å². The number of hydrogen-bond acceptors (Lipinski definition) is 3. The summed E-state index contributed by atoms with van der Waals surface area (Å²) >= 11 is 8.06. The lowest BCUT2D eigenvalue weighted by molar-refractivity contribution is 0.413. The standard InChI is InChI=1S/C17H20ClNOS/c1-12(2)19-11-13-6-4-9-16(18)17(13)21-15-8-5-7-14(10-15)20-3/h4-10,12,19H,11H2,1-3H3. The van der Waals surface area contributed by atoms with Crippen molar-refractivity contribution >= 4 is 23.4 Å². The van der Waals surface area contributed by atoms with Crippen LogP contribution in [0.1, 0.15) is 19.4 Å². The molecule has 2 aromatic rings. The molecule has 1 N–H and O–H groups in total. The molecule has 0 amide bonds. The van der Waals surface area contributed by atoms with E-state index in [1.165, 1.54) is 5.56 Å². The maximum Gasteiger partial charge on any atom is 0.119 e. The van der Waals surface area contributed by atoms with Crippen LogP contribution in [0.2, 0.25) is 5.02 Å². The van der Waals surface area contributed by atoms with Gasteiger partial charge in [-0.3, -0.25) is 0 Å². The minimum Gasteiger partial charge on any atom is -0.497 e. The minimum absolute atomic E-state index is 0.443. The smallest absolute Gasteiger partial charge is 0.119 e. The average molecular weight is 322 g/mol. The van der Waals surface area contributed by atoms with Gasteiger partial charge in [0.1, 0.15) is 5.75 Å². The Morgan fingerprint density at radius 1 is 1.19 bits per heavy atom. The van der Waals surface area contributed by atoms with Crippen molar-refractivity contribution in [2.75, 3.05) is 7.11 Å². The molecule has 21 heavy (non-hydrogen) atoms. The zero-order valence-electron chi connectivity index (χ0n) is 12.5. The van der Waals surface area contributed by atoms with Crippen LogP contribution >= 0.6 is 23.4 Å². The fourth-order valence-electron chi connectivity index (χ4n) is 1.90. The number of ether oxygens (including phenoxy) is 1. The largest absolute Gasteiger partial charge is 0.497 e. The van der Waals surface area contributed by atoms with Gasteiger partial charge in [0.25, 0.3) is 0 Å². The highest BCUT2D eigenvalue weighted by Crippen LogP contribution is 2.37.